The van der Waals surface area contributed by atoms with Crippen LogP contribution in [0.3, 0.4) is 0 Å². The molecule has 0 amide bonds. The molecule has 0 fully saturated rings. The SMILES string of the molecule is CC.COCCOCCOCCOCCOCCOC(=O)c1cccc(-c2noc(-c3ccccc3F)n2)c1. The molecular weight excluding hydrogens is 511 g/mol. The van der Waals surface area contributed by atoms with E-state index < -0.39 is 11.8 Å². The third-order valence-corrected chi connectivity index (χ3v) is 4.90. The van der Waals surface area contributed by atoms with Crippen molar-refractivity contribution in [2.75, 3.05) is 73.2 Å². The van der Waals surface area contributed by atoms with Crippen molar-refractivity contribution >= 4 is 5.97 Å². The summed E-state index contributed by atoms with van der Waals surface area (Å²) in [5, 5.41) is 3.90. The minimum absolute atomic E-state index is 0.0538. The number of ether oxygens (including phenoxy) is 6. The average Bonchev–Trinajstić information content (AvgIpc) is 3.46. The molecule has 0 aliphatic rings. The number of aromatic nitrogens is 2. The molecule has 0 saturated carbocycles. The molecule has 1 heterocycles. The number of carbonyl (C=O) groups is 1. The molecule has 0 saturated heterocycles. The van der Waals surface area contributed by atoms with E-state index in [4.69, 9.17) is 32.9 Å². The zero-order valence-corrected chi connectivity index (χ0v) is 22.7. The highest BCUT2D eigenvalue weighted by Crippen LogP contribution is 2.24. The zero-order chi connectivity index (χ0) is 28.1. The number of hydrogen-bond acceptors (Lipinski definition) is 10. The van der Waals surface area contributed by atoms with Crippen molar-refractivity contribution < 1.29 is 42.1 Å². The Hall–Kier alpha value is -3.22. The van der Waals surface area contributed by atoms with Crippen LogP contribution in [0, 0.1) is 5.82 Å². The molecule has 0 unspecified atom stereocenters. The number of hydrogen-bond donors (Lipinski definition) is 0. The molecule has 3 rings (SSSR count). The number of halogens is 1. The highest BCUT2D eigenvalue weighted by atomic mass is 19.1. The molecule has 0 aliphatic heterocycles. The molecule has 0 atom stereocenters. The van der Waals surface area contributed by atoms with E-state index in [9.17, 15) is 9.18 Å². The molecule has 0 radical (unpaired) electrons. The predicted octanol–water partition coefficient (Wildman–Crippen LogP) is 4.44. The van der Waals surface area contributed by atoms with Gasteiger partial charge in [0.1, 0.15) is 12.4 Å². The maximum absolute atomic E-state index is 14.0. The topological polar surface area (TPSA) is 111 Å². The van der Waals surface area contributed by atoms with Crippen LogP contribution in [0.25, 0.3) is 22.8 Å². The van der Waals surface area contributed by atoms with Crippen LogP contribution in [0.5, 0.6) is 0 Å². The van der Waals surface area contributed by atoms with Gasteiger partial charge in [-0.15, -0.1) is 0 Å². The fourth-order valence-corrected chi connectivity index (χ4v) is 3.05. The van der Waals surface area contributed by atoms with Gasteiger partial charge in [-0.25, -0.2) is 9.18 Å². The molecule has 1 aromatic heterocycles. The van der Waals surface area contributed by atoms with Gasteiger partial charge in [0.15, 0.2) is 0 Å². The summed E-state index contributed by atoms with van der Waals surface area (Å²) in [6.45, 7) is 8.17. The second-order valence-corrected chi connectivity index (χ2v) is 7.56. The molecular formula is C28H37FN2O8. The molecule has 0 N–H and O–H groups in total. The van der Waals surface area contributed by atoms with E-state index in [1.165, 1.54) is 6.07 Å². The number of methoxy groups -OCH3 is 1. The Balaban J connectivity index is 0.00000260. The highest BCUT2D eigenvalue weighted by molar-refractivity contribution is 5.90. The predicted molar refractivity (Wildman–Crippen MR) is 142 cm³/mol. The summed E-state index contributed by atoms with van der Waals surface area (Å²) >= 11 is 0. The summed E-state index contributed by atoms with van der Waals surface area (Å²) in [6.07, 6.45) is 0. The minimum atomic E-state index is -0.511. The van der Waals surface area contributed by atoms with Crippen molar-refractivity contribution in [1.29, 1.82) is 0 Å². The van der Waals surface area contributed by atoms with E-state index in [-0.39, 0.29) is 30.5 Å². The van der Waals surface area contributed by atoms with E-state index in [1.807, 2.05) is 13.8 Å². The van der Waals surface area contributed by atoms with Gasteiger partial charge >= 0.3 is 5.97 Å². The number of carbonyl (C=O) groups excluding carboxylic acids is 1. The summed E-state index contributed by atoms with van der Waals surface area (Å²) in [5.41, 5.74) is 1.06. The van der Waals surface area contributed by atoms with Gasteiger partial charge in [0.25, 0.3) is 5.89 Å². The van der Waals surface area contributed by atoms with Gasteiger partial charge in [-0.1, -0.05) is 43.3 Å². The van der Waals surface area contributed by atoms with Crippen molar-refractivity contribution in [3.05, 3.63) is 59.9 Å². The first-order chi connectivity index (χ1) is 19.2. The Morgan fingerprint density at radius 2 is 1.38 bits per heavy atom. The Kier molecular flexibility index (Phi) is 16.2. The standard InChI is InChI=1S/C26H31FN2O8.C2H6/c1-31-9-10-32-11-12-33-13-14-34-15-16-35-17-18-36-26(30)21-6-4-5-20(19-21)24-28-25(37-29-24)22-7-2-3-8-23(22)27;1-2/h2-8,19H,9-18H2,1H3;1-2H3. The van der Waals surface area contributed by atoms with Crippen molar-refractivity contribution in [3.63, 3.8) is 0 Å². The molecule has 11 heteroatoms. The maximum atomic E-state index is 14.0. The van der Waals surface area contributed by atoms with Crippen LogP contribution in [0.15, 0.2) is 53.1 Å². The lowest BCUT2D eigenvalue weighted by molar-refractivity contribution is -0.0129. The average molecular weight is 549 g/mol. The van der Waals surface area contributed by atoms with Crippen molar-refractivity contribution in [1.82, 2.24) is 10.1 Å². The first-order valence-corrected chi connectivity index (χ1v) is 12.8. The van der Waals surface area contributed by atoms with Crippen LogP contribution >= 0.6 is 0 Å². The van der Waals surface area contributed by atoms with Gasteiger partial charge in [-0.3, -0.25) is 0 Å². The third-order valence-electron chi connectivity index (χ3n) is 4.90. The summed E-state index contributed by atoms with van der Waals surface area (Å²) in [7, 11) is 1.63. The largest absolute Gasteiger partial charge is 0.460 e. The minimum Gasteiger partial charge on any atom is -0.460 e. The lowest BCUT2D eigenvalue weighted by atomic mass is 10.1. The Morgan fingerprint density at radius 1 is 0.795 bits per heavy atom. The Bertz CT molecular complexity index is 1080. The second kappa shape index (κ2) is 19.8. The first kappa shape index (κ1) is 32.0. The van der Waals surface area contributed by atoms with E-state index in [0.29, 0.717) is 64.0 Å². The van der Waals surface area contributed by atoms with Gasteiger partial charge in [-0.05, 0) is 24.3 Å². The number of nitrogens with zero attached hydrogens (tertiary/aromatic N) is 2. The van der Waals surface area contributed by atoms with Crippen molar-refractivity contribution in [3.8, 4) is 22.8 Å². The van der Waals surface area contributed by atoms with Crippen molar-refractivity contribution in [2.45, 2.75) is 13.8 Å². The van der Waals surface area contributed by atoms with E-state index >= 15 is 0 Å². The van der Waals surface area contributed by atoms with E-state index in [0.717, 1.165) is 0 Å². The van der Waals surface area contributed by atoms with Gasteiger partial charge in [0.2, 0.25) is 5.82 Å². The Labute approximate surface area is 228 Å². The van der Waals surface area contributed by atoms with Gasteiger partial charge < -0.3 is 32.9 Å². The molecule has 0 bridgehead atoms. The summed E-state index contributed by atoms with van der Waals surface area (Å²) in [5.74, 6) is -0.689. The molecule has 214 valence electrons. The van der Waals surface area contributed by atoms with Crippen LogP contribution in [0.2, 0.25) is 0 Å². The van der Waals surface area contributed by atoms with Crippen LogP contribution in [-0.2, 0) is 28.4 Å². The summed E-state index contributed by atoms with van der Waals surface area (Å²) in [4.78, 5) is 16.6. The molecule has 39 heavy (non-hydrogen) atoms. The van der Waals surface area contributed by atoms with Gasteiger partial charge in [-0.2, -0.15) is 4.98 Å². The quantitative estimate of drug-likeness (QED) is 0.167. The third kappa shape index (κ3) is 12.0. The van der Waals surface area contributed by atoms with Crippen LogP contribution in [0.1, 0.15) is 24.2 Å². The smallest absolute Gasteiger partial charge is 0.338 e. The monoisotopic (exact) mass is 548 g/mol. The molecule has 10 nitrogen and oxygen atoms in total. The number of esters is 1. The summed E-state index contributed by atoms with van der Waals surface area (Å²) in [6, 6.07) is 12.7. The van der Waals surface area contributed by atoms with E-state index in [2.05, 4.69) is 10.1 Å². The fraction of sp³-hybridized carbons (Fsp3) is 0.464. The second-order valence-electron chi connectivity index (χ2n) is 7.56. The van der Waals surface area contributed by atoms with Crippen molar-refractivity contribution in [2.24, 2.45) is 0 Å². The Morgan fingerprint density at radius 3 is 2.00 bits per heavy atom. The van der Waals surface area contributed by atoms with Crippen LogP contribution in [0.4, 0.5) is 4.39 Å². The zero-order valence-electron chi connectivity index (χ0n) is 22.7. The van der Waals surface area contributed by atoms with Gasteiger partial charge in [0.05, 0.1) is 70.6 Å². The maximum Gasteiger partial charge on any atom is 0.338 e. The highest BCUT2D eigenvalue weighted by Gasteiger charge is 2.15. The molecule has 2 aromatic carbocycles. The molecule has 3 aromatic rings. The number of rotatable bonds is 18. The van der Waals surface area contributed by atoms with Crippen LogP contribution < -0.4 is 0 Å². The van der Waals surface area contributed by atoms with Crippen LogP contribution in [-0.4, -0.2) is 89.3 Å². The molecule has 0 spiro atoms. The fourth-order valence-electron chi connectivity index (χ4n) is 3.05. The lowest BCUT2D eigenvalue weighted by Gasteiger charge is -2.08. The molecule has 0 aliphatic carbocycles. The normalized spacial score (nSPS) is 10.7. The van der Waals surface area contributed by atoms with E-state index in [1.54, 1.807) is 49.6 Å². The lowest BCUT2D eigenvalue weighted by Crippen LogP contribution is -2.15. The summed E-state index contributed by atoms with van der Waals surface area (Å²) < 4.78 is 50.8. The first-order valence-electron chi connectivity index (χ1n) is 12.8. The van der Waals surface area contributed by atoms with Gasteiger partial charge in [0, 0.05) is 12.7 Å². The number of benzene rings is 2.